The van der Waals surface area contributed by atoms with Crippen molar-refractivity contribution in [2.24, 2.45) is 11.8 Å². The molecule has 9 heteroatoms. The Labute approximate surface area is 204 Å². The fourth-order valence-corrected chi connectivity index (χ4v) is 5.53. The van der Waals surface area contributed by atoms with Crippen molar-refractivity contribution in [3.05, 3.63) is 52.1 Å². The SMILES string of the molecule is COc1cc(C(O)CN2CCN(CC(O)C3=C(C)C4COC(=O)C4C=C3)CC2)cc2c1C(=O)OC2. The van der Waals surface area contributed by atoms with E-state index in [0.717, 1.165) is 42.9 Å². The summed E-state index contributed by atoms with van der Waals surface area (Å²) < 4.78 is 15.7. The molecule has 4 atom stereocenters. The number of β-amino-alcohol motifs (C(OH)–C–C–N with tert-alkyl or cyclic N) is 2. The normalized spacial score (nSPS) is 26.3. The maximum atomic E-state index is 11.9. The van der Waals surface area contributed by atoms with Crippen LogP contribution in [0.25, 0.3) is 0 Å². The van der Waals surface area contributed by atoms with Crippen LogP contribution in [0.4, 0.5) is 0 Å². The molecule has 1 aromatic carbocycles. The van der Waals surface area contributed by atoms with Gasteiger partial charge in [-0.25, -0.2) is 4.79 Å². The second-order valence-electron chi connectivity index (χ2n) is 9.73. The number of benzene rings is 1. The molecular weight excluding hydrogens is 452 g/mol. The highest BCUT2D eigenvalue weighted by Gasteiger charge is 2.39. The number of methoxy groups -OCH3 is 1. The van der Waals surface area contributed by atoms with Crippen molar-refractivity contribution in [1.29, 1.82) is 0 Å². The van der Waals surface area contributed by atoms with Crippen LogP contribution in [-0.2, 0) is 20.9 Å². The third kappa shape index (κ3) is 4.61. The van der Waals surface area contributed by atoms with Crippen molar-refractivity contribution >= 4 is 11.9 Å². The first kappa shape index (κ1) is 24.0. The molecule has 4 unspecified atom stereocenters. The lowest BCUT2D eigenvalue weighted by Gasteiger charge is -2.37. The molecule has 0 bridgehead atoms. The molecule has 5 rings (SSSR count). The molecule has 35 heavy (non-hydrogen) atoms. The van der Waals surface area contributed by atoms with Gasteiger partial charge in [0.2, 0.25) is 0 Å². The lowest BCUT2D eigenvalue weighted by Crippen LogP contribution is -2.49. The van der Waals surface area contributed by atoms with E-state index < -0.39 is 18.2 Å². The van der Waals surface area contributed by atoms with Crippen molar-refractivity contribution in [3.63, 3.8) is 0 Å². The third-order valence-electron chi connectivity index (χ3n) is 7.67. The van der Waals surface area contributed by atoms with Gasteiger partial charge in [-0.05, 0) is 30.2 Å². The number of nitrogens with zero attached hydrogens (tertiary/aromatic N) is 2. The maximum Gasteiger partial charge on any atom is 0.342 e. The van der Waals surface area contributed by atoms with Crippen LogP contribution in [0, 0.1) is 11.8 Å². The molecule has 1 aromatic rings. The zero-order valence-electron chi connectivity index (χ0n) is 20.1. The van der Waals surface area contributed by atoms with Gasteiger partial charge in [-0.3, -0.25) is 14.6 Å². The summed E-state index contributed by atoms with van der Waals surface area (Å²) in [6, 6.07) is 3.53. The van der Waals surface area contributed by atoms with Crippen LogP contribution in [0.15, 0.2) is 35.4 Å². The Hall–Kier alpha value is -2.72. The zero-order chi connectivity index (χ0) is 24.7. The van der Waals surface area contributed by atoms with Crippen LogP contribution in [-0.4, -0.2) is 91.0 Å². The number of cyclic esters (lactones) is 2. The van der Waals surface area contributed by atoms with Crippen LogP contribution < -0.4 is 4.74 Å². The predicted octanol–water partition coefficient (Wildman–Crippen LogP) is 1.05. The number of esters is 2. The van der Waals surface area contributed by atoms with Crippen molar-refractivity contribution in [3.8, 4) is 5.75 Å². The quantitative estimate of drug-likeness (QED) is 0.549. The third-order valence-corrected chi connectivity index (χ3v) is 7.67. The molecule has 9 nitrogen and oxygen atoms in total. The number of hydrogen-bond acceptors (Lipinski definition) is 9. The molecule has 0 radical (unpaired) electrons. The number of aliphatic hydroxyl groups is 2. The average Bonchev–Trinajstić information content (AvgIpc) is 3.43. The van der Waals surface area contributed by atoms with E-state index in [1.807, 2.05) is 25.1 Å². The van der Waals surface area contributed by atoms with Crippen LogP contribution in [0.3, 0.4) is 0 Å². The molecule has 1 aliphatic carbocycles. The van der Waals surface area contributed by atoms with Gasteiger partial charge >= 0.3 is 11.9 Å². The van der Waals surface area contributed by atoms with Gasteiger partial charge in [0.05, 0.1) is 31.8 Å². The van der Waals surface area contributed by atoms with E-state index in [-0.39, 0.29) is 24.4 Å². The molecule has 2 N–H and O–H groups in total. The molecule has 0 spiro atoms. The Morgan fingerprint density at radius 3 is 2.43 bits per heavy atom. The molecule has 0 amide bonds. The Balaban J connectivity index is 1.15. The number of ether oxygens (including phenoxy) is 3. The van der Waals surface area contributed by atoms with E-state index in [4.69, 9.17) is 14.2 Å². The fourth-order valence-electron chi connectivity index (χ4n) is 5.53. The molecule has 0 saturated carbocycles. The van der Waals surface area contributed by atoms with Crippen molar-refractivity contribution in [2.75, 3.05) is 53.0 Å². The summed E-state index contributed by atoms with van der Waals surface area (Å²) in [6.45, 7) is 6.66. The van der Waals surface area contributed by atoms with Crippen LogP contribution >= 0.6 is 0 Å². The molecule has 188 valence electrons. The number of carbonyl (C=O) groups excluding carboxylic acids is 2. The lowest BCUT2D eigenvalue weighted by atomic mass is 9.80. The summed E-state index contributed by atoms with van der Waals surface area (Å²) in [5, 5.41) is 21.8. The second-order valence-corrected chi connectivity index (χ2v) is 9.73. The van der Waals surface area contributed by atoms with Crippen molar-refractivity contribution in [2.45, 2.75) is 25.7 Å². The number of hydrogen-bond donors (Lipinski definition) is 2. The number of carbonyl (C=O) groups is 2. The average molecular weight is 485 g/mol. The number of aliphatic hydroxyl groups excluding tert-OH is 2. The Morgan fingerprint density at radius 1 is 1.06 bits per heavy atom. The van der Waals surface area contributed by atoms with Crippen LogP contribution in [0.1, 0.15) is 34.5 Å². The monoisotopic (exact) mass is 484 g/mol. The molecule has 2 saturated heterocycles. The number of piperazine rings is 1. The van der Waals surface area contributed by atoms with Gasteiger partial charge in [-0.2, -0.15) is 0 Å². The van der Waals surface area contributed by atoms with Crippen molar-refractivity contribution in [1.82, 2.24) is 9.80 Å². The molecule has 4 aliphatic rings. The molecule has 3 aliphatic heterocycles. The summed E-state index contributed by atoms with van der Waals surface area (Å²) >= 11 is 0. The minimum atomic E-state index is -0.716. The number of fused-ring (bicyclic) bond motifs is 2. The minimum absolute atomic E-state index is 0.0259. The predicted molar refractivity (Wildman–Crippen MR) is 126 cm³/mol. The van der Waals surface area contributed by atoms with Gasteiger partial charge in [0.1, 0.15) is 17.9 Å². The highest BCUT2D eigenvalue weighted by molar-refractivity contribution is 5.96. The highest BCUT2D eigenvalue weighted by Crippen LogP contribution is 2.37. The van der Waals surface area contributed by atoms with E-state index in [9.17, 15) is 19.8 Å². The van der Waals surface area contributed by atoms with E-state index in [0.29, 0.717) is 36.6 Å². The smallest absolute Gasteiger partial charge is 0.342 e. The van der Waals surface area contributed by atoms with Gasteiger partial charge < -0.3 is 24.4 Å². The molecule has 0 aromatic heterocycles. The first-order valence-electron chi connectivity index (χ1n) is 12.1. The van der Waals surface area contributed by atoms with Crippen LogP contribution in [0.2, 0.25) is 0 Å². The first-order chi connectivity index (χ1) is 16.9. The largest absolute Gasteiger partial charge is 0.496 e. The standard InChI is InChI=1S/C26H32N2O7/c1-15-18(3-4-19-20(15)14-35-25(19)31)22(30)12-28-7-5-27(6-8-28)11-21(29)16-9-17-13-34-26(32)24(17)23(10-16)33-2/h3-4,9-10,19-22,29-30H,5-8,11-14H2,1-2H3. The van der Waals surface area contributed by atoms with Gasteiger partial charge in [0.15, 0.2) is 0 Å². The Morgan fingerprint density at radius 2 is 1.74 bits per heavy atom. The van der Waals surface area contributed by atoms with Gasteiger partial charge in [-0.1, -0.05) is 17.7 Å². The Bertz CT molecular complexity index is 1070. The molecule has 3 heterocycles. The van der Waals surface area contributed by atoms with E-state index in [1.54, 1.807) is 6.07 Å². The first-order valence-corrected chi connectivity index (χ1v) is 12.1. The number of rotatable bonds is 7. The summed E-state index contributed by atoms with van der Waals surface area (Å²) in [4.78, 5) is 28.2. The van der Waals surface area contributed by atoms with Crippen LogP contribution in [0.5, 0.6) is 5.75 Å². The van der Waals surface area contributed by atoms with Crippen molar-refractivity contribution < 1.29 is 34.0 Å². The van der Waals surface area contributed by atoms with E-state index in [2.05, 4.69) is 9.80 Å². The zero-order valence-corrected chi connectivity index (χ0v) is 20.1. The highest BCUT2D eigenvalue weighted by atomic mass is 16.5. The molecular formula is C26H32N2O7. The summed E-state index contributed by atoms with van der Waals surface area (Å²) in [7, 11) is 1.51. The maximum absolute atomic E-state index is 11.9. The Kier molecular flexibility index (Phi) is 6.67. The lowest BCUT2D eigenvalue weighted by molar-refractivity contribution is -0.140. The summed E-state index contributed by atoms with van der Waals surface area (Å²) in [5.74, 6) is -0.343. The van der Waals surface area contributed by atoms with Gasteiger partial charge in [-0.15, -0.1) is 0 Å². The van der Waals surface area contributed by atoms with Gasteiger partial charge in [0, 0.05) is 50.7 Å². The molecule has 2 fully saturated rings. The van der Waals surface area contributed by atoms with E-state index in [1.165, 1.54) is 7.11 Å². The minimum Gasteiger partial charge on any atom is -0.496 e. The van der Waals surface area contributed by atoms with E-state index >= 15 is 0 Å². The summed E-state index contributed by atoms with van der Waals surface area (Å²) in [5.41, 5.74) is 3.81. The topological polar surface area (TPSA) is 109 Å². The van der Waals surface area contributed by atoms with Gasteiger partial charge in [0.25, 0.3) is 0 Å². The fraction of sp³-hybridized carbons (Fsp3) is 0.538. The second kappa shape index (κ2) is 9.73. The summed E-state index contributed by atoms with van der Waals surface area (Å²) in [6.07, 6.45) is 2.40.